The second-order valence-electron chi connectivity index (χ2n) is 7.83. The van der Waals surface area contributed by atoms with E-state index in [1.165, 1.54) is 60.6 Å². The summed E-state index contributed by atoms with van der Waals surface area (Å²) in [5, 5.41) is 12.6. The Bertz CT molecular complexity index is 871. The summed E-state index contributed by atoms with van der Waals surface area (Å²) < 4.78 is 2.09. The zero-order valence-electron chi connectivity index (χ0n) is 16.5. The fourth-order valence-electron chi connectivity index (χ4n) is 3.87. The van der Waals surface area contributed by atoms with E-state index in [-0.39, 0.29) is 11.9 Å². The molecule has 1 fully saturated rings. The molecule has 1 aromatic heterocycles. The fourth-order valence-corrected chi connectivity index (χ4v) is 4.64. The number of thioether (sulfide) groups is 1. The minimum Gasteiger partial charge on any atom is -0.349 e. The van der Waals surface area contributed by atoms with E-state index in [1.807, 2.05) is 6.08 Å². The Morgan fingerprint density at radius 3 is 2.86 bits per heavy atom. The van der Waals surface area contributed by atoms with Crippen molar-refractivity contribution in [2.45, 2.75) is 69.1 Å². The SMILES string of the molecule is C=CCn1c(SCC(=O)NC(C)c2ccc3c(c2)CCCC3)nnc1C1CC1. The van der Waals surface area contributed by atoms with Crippen molar-refractivity contribution < 1.29 is 4.79 Å². The lowest BCUT2D eigenvalue weighted by molar-refractivity contribution is -0.119. The molecule has 1 N–H and O–H groups in total. The number of nitrogens with zero attached hydrogens (tertiary/aromatic N) is 3. The highest BCUT2D eigenvalue weighted by Gasteiger charge is 2.30. The second kappa shape index (κ2) is 8.52. The molecule has 5 nitrogen and oxygen atoms in total. The van der Waals surface area contributed by atoms with Crippen LogP contribution in [0.1, 0.15) is 67.1 Å². The van der Waals surface area contributed by atoms with Gasteiger partial charge >= 0.3 is 0 Å². The molecule has 1 heterocycles. The monoisotopic (exact) mass is 396 g/mol. The third-order valence-electron chi connectivity index (χ3n) is 5.58. The molecule has 28 heavy (non-hydrogen) atoms. The predicted octanol–water partition coefficient (Wildman–Crippen LogP) is 4.19. The summed E-state index contributed by atoms with van der Waals surface area (Å²) in [5.41, 5.74) is 4.10. The Labute approximate surface area is 171 Å². The fraction of sp³-hybridized carbons (Fsp3) is 0.500. The van der Waals surface area contributed by atoms with Crippen molar-refractivity contribution in [1.82, 2.24) is 20.1 Å². The summed E-state index contributed by atoms with van der Waals surface area (Å²) >= 11 is 1.45. The number of fused-ring (bicyclic) bond motifs is 1. The first kappa shape index (κ1) is 19.2. The summed E-state index contributed by atoms with van der Waals surface area (Å²) in [6.07, 6.45) is 9.11. The molecular weight excluding hydrogens is 368 g/mol. The van der Waals surface area contributed by atoms with Crippen molar-refractivity contribution >= 4 is 17.7 Å². The number of carbonyl (C=O) groups is 1. The van der Waals surface area contributed by atoms with Gasteiger partial charge in [0.05, 0.1) is 11.8 Å². The standard InChI is InChI=1S/C22H28N4OS/c1-3-12-26-21(17-9-10-17)24-25-22(26)28-14-20(27)23-15(2)18-11-8-16-6-4-5-7-19(16)13-18/h3,8,11,13,15,17H,1,4-7,9-10,12,14H2,2H3,(H,23,27). The molecule has 0 radical (unpaired) electrons. The molecule has 2 aromatic rings. The maximum Gasteiger partial charge on any atom is 0.230 e. The largest absolute Gasteiger partial charge is 0.349 e. The summed E-state index contributed by atoms with van der Waals surface area (Å²) in [4.78, 5) is 12.5. The van der Waals surface area contributed by atoms with E-state index in [4.69, 9.17) is 0 Å². The van der Waals surface area contributed by atoms with Crippen molar-refractivity contribution in [3.8, 4) is 0 Å². The third kappa shape index (κ3) is 4.32. The van der Waals surface area contributed by atoms with Crippen LogP contribution >= 0.6 is 11.8 Å². The number of amides is 1. The summed E-state index contributed by atoms with van der Waals surface area (Å²) in [6.45, 7) is 6.57. The minimum atomic E-state index is 0.00777. The van der Waals surface area contributed by atoms with Gasteiger partial charge in [-0.1, -0.05) is 36.0 Å². The quantitative estimate of drug-likeness (QED) is 0.537. The van der Waals surface area contributed by atoms with Crippen molar-refractivity contribution in [3.05, 3.63) is 53.4 Å². The van der Waals surface area contributed by atoms with Crippen LogP contribution in [0.3, 0.4) is 0 Å². The zero-order valence-corrected chi connectivity index (χ0v) is 17.3. The molecule has 0 bridgehead atoms. The van der Waals surface area contributed by atoms with Crippen LogP contribution in [-0.2, 0) is 24.2 Å². The van der Waals surface area contributed by atoms with Crippen LogP contribution in [0.4, 0.5) is 0 Å². The van der Waals surface area contributed by atoms with Crippen LogP contribution in [0.15, 0.2) is 36.0 Å². The summed E-state index contributed by atoms with van der Waals surface area (Å²) in [5.74, 6) is 1.93. The van der Waals surface area contributed by atoms with Crippen molar-refractivity contribution in [2.75, 3.05) is 5.75 Å². The van der Waals surface area contributed by atoms with E-state index < -0.39 is 0 Å². The number of allylic oxidation sites excluding steroid dienone is 1. The average molecular weight is 397 g/mol. The summed E-state index contributed by atoms with van der Waals surface area (Å²) in [6, 6.07) is 6.67. The zero-order chi connectivity index (χ0) is 19.5. The highest BCUT2D eigenvalue weighted by atomic mass is 32.2. The van der Waals surface area contributed by atoms with Gasteiger partial charge in [0, 0.05) is 12.5 Å². The number of aryl methyl sites for hydroxylation is 2. The second-order valence-corrected chi connectivity index (χ2v) is 8.77. The smallest absolute Gasteiger partial charge is 0.230 e. The predicted molar refractivity (Wildman–Crippen MR) is 113 cm³/mol. The highest BCUT2D eigenvalue weighted by Crippen LogP contribution is 2.40. The highest BCUT2D eigenvalue weighted by molar-refractivity contribution is 7.99. The normalized spacial score (nSPS) is 17.0. The Morgan fingerprint density at radius 1 is 1.32 bits per heavy atom. The van der Waals surface area contributed by atoms with E-state index >= 15 is 0 Å². The van der Waals surface area contributed by atoms with E-state index in [9.17, 15) is 4.79 Å². The lowest BCUT2D eigenvalue weighted by Crippen LogP contribution is -2.28. The van der Waals surface area contributed by atoms with Crippen LogP contribution in [0.5, 0.6) is 0 Å². The summed E-state index contributed by atoms with van der Waals surface area (Å²) in [7, 11) is 0. The number of carbonyl (C=O) groups excluding carboxylic acids is 1. The van der Waals surface area contributed by atoms with Gasteiger partial charge in [-0.05, 0) is 62.1 Å². The Hall–Kier alpha value is -2.08. The molecule has 1 saturated carbocycles. The molecule has 2 aliphatic rings. The van der Waals surface area contributed by atoms with E-state index in [2.05, 4.69) is 51.8 Å². The van der Waals surface area contributed by atoms with Gasteiger partial charge in [-0.15, -0.1) is 16.8 Å². The van der Waals surface area contributed by atoms with Gasteiger partial charge < -0.3 is 9.88 Å². The number of hydrogen-bond donors (Lipinski definition) is 1. The van der Waals surface area contributed by atoms with E-state index in [1.54, 1.807) is 0 Å². The molecule has 2 aliphatic carbocycles. The van der Waals surface area contributed by atoms with Gasteiger partial charge in [0.25, 0.3) is 0 Å². The Kier molecular flexibility index (Phi) is 5.85. The maximum atomic E-state index is 12.5. The lowest BCUT2D eigenvalue weighted by atomic mass is 9.89. The molecule has 1 aromatic carbocycles. The van der Waals surface area contributed by atoms with Gasteiger partial charge in [-0.25, -0.2) is 0 Å². The topological polar surface area (TPSA) is 59.8 Å². The van der Waals surface area contributed by atoms with Crippen LogP contribution < -0.4 is 5.32 Å². The van der Waals surface area contributed by atoms with Gasteiger partial charge in [-0.2, -0.15) is 0 Å². The Balaban J connectivity index is 1.35. The van der Waals surface area contributed by atoms with Gasteiger partial charge in [0.15, 0.2) is 5.16 Å². The maximum absolute atomic E-state index is 12.5. The van der Waals surface area contributed by atoms with Crippen molar-refractivity contribution in [3.63, 3.8) is 0 Å². The molecule has 1 atom stereocenters. The lowest BCUT2D eigenvalue weighted by Gasteiger charge is -2.20. The molecule has 6 heteroatoms. The number of rotatable bonds is 8. The van der Waals surface area contributed by atoms with Gasteiger partial charge in [-0.3, -0.25) is 4.79 Å². The molecule has 148 valence electrons. The van der Waals surface area contributed by atoms with Crippen LogP contribution in [0.25, 0.3) is 0 Å². The molecule has 0 spiro atoms. The van der Waals surface area contributed by atoms with Crippen molar-refractivity contribution in [2.24, 2.45) is 0 Å². The third-order valence-corrected chi connectivity index (χ3v) is 6.55. The van der Waals surface area contributed by atoms with Crippen molar-refractivity contribution in [1.29, 1.82) is 0 Å². The average Bonchev–Trinajstić information content (AvgIpc) is 3.48. The number of hydrogen-bond acceptors (Lipinski definition) is 4. The Morgan fingerprint density at radius 2 is 2.11 bits per heavy atom. The number of aromatic nitrogens is 3. The first-order valence-corrected chi connectivity index (χ1v) is 11.2. The molecular formula is C22H28N4OS. The van der Waals surface area contributed by atoms with Crippen LogP contribution in [0.2, 0.25) is 0 Å². The number of nitrogens with one attached hydrogen (secondary N) is 1. The molecule has 0 saturated heterocycles. The van der Waals surface area contributed by atoms with Crippen LogP contribution in [-0.4, -0.2) is 26.4 Å². The molecule has 1 unspecified atom stereocenters. The van der Waals surface area contributed by atoms with E-state index in [0.717, 1.165) is 17.4 Å². The van der Waals surface area contributed by atoms with Crippen LogP contribution in [0, 0.1) is 0 Å². The van der Waals surface area contributed by atoms with Gasteiger partial charge in [0.2, 0.25) is 5.91 Å². The molecule has 4 rings (SSSR count). The molecule has 0 aliphatic heterocycles. The molecule has 1 amide bonds. The van der Waals surface area contributed by atoms with Gasteiger partial charge in [0.1, 0.15) is 5.82 Å². The first-order valence-electron chi connectivity index (χ1n) is 10.2. The van der Waals surface area contributed by atoms with E-state index in [0.29, 0.717) is 18.2 Å². The number of benzene rings is 1. The first-order chi connectivity index (χ1) is 13.7. The minimum absolute atomic E-state index is 0.00777.